The fourth-order valence-corrected chi connectivity index (χ4v) is 3.85. The third-order valence-electron chi connectivity index (χ3n) is 4.63. The Bertz CT molecular complexity index is 814. The fourth-order valence-electron chi connectivity index (χ4n) is 3.30. The van der Waals surface area contributed by atoms with E-state index in [4.69, 9.17) is 0 Å². The largest absolute Gasteiger partial charge is 0.348 e. The Labute approximate surface area is 166 Å². The molecule has 1 aromatic heterocycles. The van der Waals surface area contributed by atoms with Crippen LogP contribution in [0.25, 0.3) is 0 Å². The summed E-state index contributed by atoms with van der Waals surface area (Å²) in [4.78, 5) is 27.0. The Morgan fingerprint density at radius 1 is 1.19 bits per heavy atom. The van der Waals surface area contributed by atoms with Crippen LogP contribution in [0.2, 0.25) is 0 Å². The number of Topliss-reactive ketones (excluding diaryl/α,β-unsaturated/α-hetero) is 1. The van der Waals surface area contributed by atoms with E-state index in [0.29, 0.717) is 6.54 Å². The van der Waals surface area contributed by atoms with E-state index < -0.39 is 0 Å². The molecular formula is C21H30N3O2S+. The summed E-state index contributed by atoms with van der Waals surface area (Å²) < 4.78 is 2.19. The van der Waals surface area contributed by atoms with E-state index in [2.05, 4.69) is 16.8 Å². The number of thioether (sulfide) groups is 1. The molecule has 1 aromatic carbocycles. The number of nitrogens with one attached hydrogen (secondary N) is 2. The summed E-state index contributed by atoms with van der Waals surface area (Å²) in [5.74, 6) is -0.00137. The summed E-state index contributed by atoms with van der Waals surface area (Å²) in [5, 5.41) is 2.95. The molecule has 2 rings (SSSR count). The molecule has 2 N–H and O–H groups in total. The summed E-state index contributed by atoms with van der Waals surface area (Å²) in [6.45, 7) is 7.64. The smallest absolute Gasteiger partial charge is 0.279 e. The molecule has 6 heteroatoms. The van der Waals surface area contributed by atoms with Crippen molar-refractivity contribution in [2.75, 3.05) is 31.7 Å². The maximum atomic E-state index is 12.7. The molecule has 1 atom stereocenters. The molecule has 0 bridgehead atoms. The number of carbonyl (C=O) groups is 2. The van der Waals surface area contributed by atoms with Crippen molar-refractivity contribution in [3.63, 3.8) is 0 Å². The van der Waals surface area contributed by atoms with Crippen LogP contribution in [0.15, 0.2) is 35.2 Å². The highest BCUT2D eigenvalue weighted by Crippen LogP contribution is 2.24. The topological polar surface area (TPSA) is 55.5 Å². The molecular weight excluding hydrogens is 358 g/mol. The molecule has 1 amide bonds. The van der Waals surface area contributed by atoms with Crippen molar-refractivity contribution in [2.24, 2.45) is 0 Å². The highest BCUT2D eigenvalue weighted by molar-refractivity contribution is 7.98. The third-order valence-corrected chi connectivity index (χ3v) is 5.42. The van der Waals surface area contributed by atoms with Crippen LogP contribution < -0.4 is 10.2 Å². The second-order valence-corrected chi connectivity index (χ2v) is 7.77. The van der Waals surface area contributed by atoms with Gasteiger partial charge in [0.05, 0.1) is 12.7 Å². The lowest BCUT2D eigenvalue weighted by Crippen LogP contribution is -3.11. The normalized spacial score (nSPS) is 12.0. The zero-order valence-corrected chi connectivity index (χ0v) is 17.7. The SMILES string of the molecule is CCCn1c(C)cc(C(=O)C[NH+](C)CC(=O)Nc2ccccc2SC)c1C. The quantitative estimate of drug-likeness (QED) is 0.513. The summed E-state index contributed by atoms with van der Waals surface area (Å²) in [6.07, 6.45) is 3.02. The molecule has 5 nitrogen and oxygen atoms in total. The Hall–Kier alpha value is -2.05. The number of amides is 1. The first-order valence-electron chi connectivity index (χ1n) is 9.31. The number of anilines is 1. The van der Waals surface area contributed by atoms with Crippen molar-refractivity contribution in [1.29, 1.82) is 0 Å². The number of nitrogens with zero attached hydrogens (tertiary/aromatic N) is 1. The van der Waals surface area contributed by atoms with Gasteiger partial charge in [-0.05, 0) is 44.7 Å². The van der Waals surface area contributed by atoms with Gasteiger partial charge in [-0.3, -0.25) is 9.59 Å². The van der Waals surface area contributed by atoms with E-state index >= 15 is 0 Å². The van der Waals surface area contributed by atoms with Crippen molar-refractivity contribution < 1.29 is 14.5 Å². The van der Waals surface area contributed by atoms with Crippen molar-refractivity contribution in [3.05, 3.63) is 47.3 Å². The highest BCUT2D eigenvalue weighted by Gasteiger charge is 2.20. The lowest BCUT2D eigenvalue weighted by atomic mass is 10.1. The number of hydrogen-bond acceptors (Lipinski definition) is 3. The summed E-state index contributed by atoms with van der Waals surface area (Å²) in [7, 11) is 1.88. The van der Waals surface area contributed by atoms with Crippen LogP contribution >= 0.6 is 11.8 Å². The van der Waals surface area contributed by atoms with Gasteiger partial charge in [0.1, 0.15) is 6.54 Å². The number of likely N-dealkylation sites (N-methyl/N-ethyl adjacent to an activating group) is 1. The van der Waals surface area contributed by atoms with Gasteiger partial charge in [-0.1, -0.05) is 19.1 Å². The number of rotatable bonds is 9. The first-order valence-corrected chi connectivity index (χ1v) is 10.5. The maximum Gasteiger partial charge on any atom is 0.279 e. The van der Waals surface area contributed by atoms with Gasteiger partial charge in [-0.2, -0.15) is 0 Å². The molecule has 0 aliphatic carbocycles. The first-order chi connectivity index (χ1) is 12.9. The zero-order valence-electron chi connectivity index (χ0n) is 16.9. The van der Waals surface area contributed by atoms with Crippen molar-refractivity contribution in [3.8, 4) is 0 Å². The molecule has 146 valence electrons. The zero-order chi connectivity index (χ0) is 20.0. The fraction of sp³-hybridized carbons (Fsp3) is 0.429. The molecule has 1 heterocycles. The number of aromatic nitrogens is 1. The maximum absolute atomic E-state index is 12.7. The first kappa shape index (κ1) is 21.3. The Balaban J connectivity index is 1.97. The minimum absolute atomic E-state index is 0.0836. The van der Waals surface area contributed by atoms with Gasteiger partial charge in [-0.25, -0.2) is 0 Å². The van der Waals surface area contributed by atoms with E-state index in [9.17, 15) is 9.59 Å². The third kappa shape index (κ3) is 5.47. The van der Waals surface area contributed by atoms with Crippen LogP contribution in [0.5, 0.6) is 0 Å². The summed E-state index contributed by atoms with van der Waals surface area (Å²) in [6, 6.07) is 9.70. The predicted octanol–water partition coefficient (Wildman–Crippen LogP) is 2.57. The van der Waals surface area contributed by atoms with Crippen molar-refractivity contribution in [1.82, 2.24) is 4.57 Å². The molecule has 0 aliphatic heterocycles. The number of ketones is 1. The second kappa shape index (κ2) is 9.76. The molecule has 0 saturated heterocycles. The second-order valence-electron chi connectivity index (χ2n) is 6.92. The number of aryl methyl sites for hydroxylation is 1. The number of benzene rings is 1. The number of hydrogen-bond donors (Lipinski definition) is 2. The van der Waals surface area contributed by atoms with Crippen LogP contribution in [0.3, 0.4) is 0 Å². The van der Waals surface area contributed by atoms with E-state index in [1.165, 1.54) is 0 Å². The minimum atomic E-state index is -0.0849. The van der Waals surface area contributed by atoms with Crippen LogP contribution in [0, 0.1) is 13.8 Å². The standard InChI is InChI=1S/C21H29N3O2S/c1-6-11-24-15(2)12-17(16(24)3)19(25)13-23(4)14-21(26)22-18-9-7-8-10-20(18)27-5/h7-10,12H,6,11,13-14H2,1-5H3,(H,22,26)/p+1. The predicted molar refractivity (Wildman–Crippen MR) is 112 cm³/mol. The number of para-hydroxylation sites is 1. The van der Waals surface area contributed by atoms with Gasteiger partial charge in [-0.15, -0.1) is 11.8 Å². The summed E-state index contributed by atoms with van der Waals surface area (Å²) in [5.41, 5.74) is 3.72. The van der Waals surface area contributed by atoms with E-state index in [1.807, 2.05) is 57.5 Å². The number of quaternary nitrogens is 1. The van der Waals surface area contributed by atoms with E-state index in [0.717, 1.165) is 45.4 Å². The monoisotopic (exact) mass is 388 g/mol. The van der Waals surface area contributed by atoms with Crippen LogP contribution in [0.1, 0.15) is 35.1 Å². The molecule has 0 spiro atoms. The molecule has 0 saturated carbocycles. The van der Waals surface area contributed by atoms with Gasteiger partial charge >= 0.3 is 0 Å². The molecule has 0 radical (unpaired) electrons. The average Bonchev–Trinajstić information content (AvgIpc) is 2.90. The van der Waals surface area contributed by atoms with Crippen LogP contribution in [-0.4, -0.2) is 42.7 Å². The lowest BCUT2D eigenvalue weighted by molar-refractivity contribution is -0.861. The van der Waals surface area contributed by atoms with E-state index in [1.54, 1.807) is 11.8 Å². The van der Waals surface area contributed by atoms with Crippen molar-refractivity contribution in [2.45, 2.75) is 38.6 Å². The van der Waals surface area contributed by atoms with Gasteiger partial charge in [0.25, 0.3) is 5.91 Å². The lowest BCUT2D eigenvalue weighted by Gasteiger charge is -2.14. The van der Waals surface area contributed by atoms with Crippen LogP contribution in [0.4, 0.5) is 5.69 Å². The molecule has 0 aliphatic rings. The Kier molecular flexibility index (Phi) is 7.68. The minimum Gasteiger partial charge on any atom is -0.348 e. The summed E-state index contributed by atoms with van der Waals surface area (Å²) >= 11 is 1.60. The van der Waals surface area contributed by atoms with Crippen molar-refractivity contribution >= 4 is 29.1 Å². The van der Waals surface area contributed by atoms with Gasteiger partial charge < -0.3 is 14.8 Å². The van der Waals surface area contributed by atoms with Crippen LogP contribution in [-0.2, 0) is 11.3 Å². The molecule has 1 unspecified atom stereocenters. The van der Waals surface area contributed by atoms with E-state index in [-0.39, 0.29) is 18.2 Å². The highest BCUT2D eigenvalue weighted by atomic mass is 32.2. The Morgan fingerprint density at radius 3 is 2.56 bits per heavy atom. The molecule has 2 aromatic rings. The van der Waals surface area contributed by atoms with Gasteiger partial charge in [0.15, 0.2) is 6.54 Å². The molecule has 0 fully saturated rings. The average molecular weight is 389 g/mol. The van der Waals surface area contributed by atoms with Gasteiger partial charge in [0, 0.05) is 28.4 Å². The molecule has 27 heavy (non-hydrogen) atoms. The number of carbonyl (C=O) groups excluding carboxylic acids is 2. The van der Waals surface area contributed by atoms with Gasteiger partial charge in [0.2, 0.25) is 5.78 Å². The Morgan fingerprint density at radius 2 is 1.89 bits per heavy atom.